The highest BCUT2D eigenvalue weighted by atomic mass is 32.2. The van der Waals surface area contributed by atoms with Gasteiger partial charge < -0.3 is 4.90 Å². The maximum absolute atomic E-state index is 14.7. The molecular formula is C25H22FN3O2S. The van der Waals surface area contributed by atoms with Crippen molar-refractivity contribution in [1.29, 1.82) is 0 Å². The number of para-hydroxylation sites is 3. The van der Waals surface area contributed by atoms with E-state index in [4.69, 9.17) is 0 Å². The maximum atomic E-state index is 14.7. The molecule has 5 nitrogen and oxygen atoms in total. The van der Waals surface area contributed by atoms with Crippen LogP contribution in [0.1, 0.15) is 13.8 Å². The number of rotatable bonds is 6. The van der Waals surface area contributed by atoms with E-state index in [1.165, 1.54) is 16.7 Å². The third-order valence-electron chi connectivity index (χ3n) is 5.12. The quantitative estimate of drug-likeness (QED) is 0.306. The van der Waals surface area contributed by atoms with E-state index in [1.54, 1.807) is 48.2 Å². The Bertz CT molecular complexity index is 1320. The first-order chi connectivity index (χ1) is 15.5. The predicted octanol–water partition coefficient (Wildman–Crippen LogP) is 5.06. The van der Waals surface area contributed by atoms with Gasteiger partial charge in [-0.25, -0.2) is 9.37 Å². The van der Waals surface area contributed by atoms with E-state index in [0.29, 0.717) is 17.4 Å². The molecule has 0 saturated carbocycles. The second-order valence-electron chi connectivity index (χ2n) is 7.18. The summed E-state index contributed by atoms with van der Waals surface area (Å²) in [6.07, 6.45) is 0. The van der Waals surface area contributed by atoms with Gasteiger partial charge in [-0.05, 0) is 50.2 Å². The molecule has 0 saturated heterocycles. The highest BCUT2D eigenvalue weighted by molar-refractivity contribution is 8.00. The SMILES string of the molecule is CCN(C(=O)C(C)Sc1nc2ccccc2c(=O)n1-c1ccccc1F)c1ccccc1. The van der Waals surface area contributed by atoms with Crippen molar-refractivity contribution in [3.63, 3.8) is 0 Å². The zero-order chi connectivity index (χ0) is 22.7. The van der Waals surface area contributed by atoms with E-state index in [2.05, 4.69) is 4.98 Å². The molecule has 0 aliphatic rings. The molecule has 0 bridgehead atoms. The molecular weight excluding hydrogens is 425 g/mol. The third kappa shape index (κ3) is 4.16. The topological polar surface area (TPSA) is 55.2 Å². The number of carbonyl (C=O) groups excluding carboxylic acids is 1. The summed E-state index contributed by atoms with van der Waals surface area (Å²) in [4.78, 5) is 32.9. The fourth-order valence-electron chi connectivity index (χ4n) is 3.54. The number of aromatic nitrogens is 2. The van der Waals surface area contributed by atoms with Gasteiger partial charge in [-0.2, -0.15) is 0 Å². The first-order valence-corrected chi connectivity index (χ1v) is 11.2. The Labute approximate surface area is 189 Å². The molecule has 0 aliphatic heterocycles. The van der Waals surface area contributed by atoms with E-state index in [-0.39, 0.29) is 22.3 Å². The minimum atomic E-state index is -0.554. The molecule has 162 valence electrons. The van der Waals surface area contributed by atoms with E-state index in [0.717, 1.165) is 17.4 Å². The van der Waals surface area contributed by atoms with Gasteiger partial charge >= 0.3 is 0 Å². The van der Waals surface area contributed by atoms with Gasteiger partial charge in [0.25, 0.3) is 5.56 Å². The van der Waals surface area contributed by atoms with E-state index >= 15 is 0 Å². The van der Waals surface area contributed by atoms with Crippen LogP contribution in [0.3, 0.4) is 0 Å². The van der Waals surface area contributed by atoms with Crippen LogP contribution in [0.15, 0.2) is 88.8 Å². The number of amides is 1. The number of carbonyl (C=O) groups is 1. The number of anilines is 1. The van der Waals surface area contributed by atoms with Gasteiger partial charge in [-0.15, -0.1) is 0 Å². The second kappa shape index (κ2) is 9.36. The molecule has 0 radical (unpaired) electrons. The van der Waals surface area contributed by atoms with Gasteiger partial charge in [-0.1, -0.05) is 54.2 Å². The number of fused-ring (bicyclic) bond motifs is 1. The van der Waals surface area contributed by atoms with Gasteiger partial charge in [0.05, 0.1) is 21.8 Å². The highest BCUT2D eigenvalue weighted by Crippen LogP contribution is 2.28. The Hall–Kier alpha value is -3.45. The van der Waals surface area contributed by atoms with Crippen LogP contribution < -0.4 is 10.5 Å². The fourth-order valence-corrected chi connectivity index (χ4v) is 4.52. The lowest BCUT2D eigenvalue weighted by Crippen LogP contribution is -2.37. The molecule has 1 amide bonds. The van der Waals surface area contributed by atoms with Crippen LogP contribution in [0.4, 0.5) is 10.1 Å². The average Bonchev–Trinajstić information content (AvgIpc) is 2.81. The van der Waals surface area contributed by atoms with Crippen LogP contribution in [0.5, 0.6) is 0 Å². The fraction of sp³-hybridized carbons (Fsp3) is 0.160. The van der Waals surface area contributed by atoms with Crippen LogP contribution in [0, 0.1) is 5.82 Å². The number of thioether (sulfide) groups is 1. The smallest absolute Gasteiger partial charge is 0.266 e. The van der Waals surface area contributed by atoms with Gasteiger partial charge in [0.15, 0.2) is 5.16 Å². The zero-order valence-electron chi connectivity index (χ0n) is 17.7. The summed E-state index contributed by atoms with van der Waals surface area (Å²) in [7, 11) is 0. The first kappa shape index (κ1) is 21.8. The Morgan fingerprint density at radius 1 is 1.03 bits per heavy atom. The van der Waals surface area contributed by atoms with Crippen molar-refractivity contribution in [2.24, 2.45) is 0 Å². The number of halogens is 1. The van der Waals surface area contributed by atoms with Gasteiger partial charge in [-0.3, -0.25) is 14.2 Å². The largest absolute Gasteiger partial charge is 0.312 e. The summed E-state index contributed by atoms with van der Waals surface area (Å²) in [5.74, 6) is -0.654. The minimum Gasteiger partial charge on any atom is -0.312 e. The molecule has 3 aromatic carbocycles. The van der Waals surface area contributed by atoms with Crippen LogP contribution in [0.2, 0.25) is 0 Å². The summed E-state index contributed by atoms with van der Waals surface area (Å²) >= 11 is 1.14. The van der Waals surface area contributed by atoms with Crippen molar-refractivity contribution < 1.29 is 9.18 Å². The van der Waals surface area contributed by atoms with Gasteiger partial charge in [0, 0.05) is 12.2 Å². The molecule has 0 aliphatic carbocycles. The predicted molar refractivity (Wildman–Crippen MR) is 127 cm³/mol. The summed E-state index contributed by atoms with van der Waals surface area (Å²) < 4.78 is 15.9. The molecule has 1 atom stereocenters. The average molecular weight is 448 g/mol. The molecule has 7 heteroatoms. The van der Waals surface area contributed by atoms with Crippen molar-refractivity contribution in [1.82, 2.24) is 9.55 Å². The number of hydrogen-bond donors (Lipinski definition) is 0. The van der Waals surface area contributed by atoms with E-state index in [9.17, 15) is 14.0 Å². The lowest BCUT2D eigenvalue weighted by Gasteiger charge is -2.24. The highest BCUT2D eigenvalue weighted by Gasteiger charge is 2.25. The Morgan fingerprint density at radius 3 is 2.41 bits per heavy atom. The van der Waals surface area contributed by atoms with Crippen LogP contribution >= 0.6 is 11.8 Å². The van der Waals surface area contributed by atoms with Crippen LogP contribution in [-0.2, 0) is 4.79 Å². The Balaban J connectivity index is 1.78. The monoisotopic (exact) mass is 447 g/mol. The molecule has 1 heterocycles. The first-order valence-electron chi connectivity index (χ1n) is 10.3. The summed E-state index contributed by atoms with van der Waals surface area (Å²) in [6.45, 7) is 4.18. The van der Waals surface area contributed by atoms with Crippen LogP contribution in [0.25, 0.3) is 16.6 Å². The summed E-state index contributed by atoms with van der Waals surface area (Å²) in [5, 5.41) is 0.101. The minimum absolute atomic E-state index is 0.105. The maximum Gasteiger partial charge on any atom is 0.266 e. The van der Waals surface area contributed by atoms with Crippen LogP contribution in [-0.4, -0.2) is 27.3 Å². The summed E-state index contributed by atoms with van der Waals surface area (Å²) in [6, 6.07) is 22.4. The second-order valence-corrected chi connectivity index (χ2v) is 8.49. The molecule has 0 N–H and O–H groups in total. The van der Waals surface area contributed by atoms with Gasteiger partial charge in [0.2, 0.25) is 5.91 Å². The van der Waals surface area contributed by atoms with Crippen molar-refractivity contribution in [3.8, 4) is 5.69 Å². The zero-order valence-corrected chi connectivity index (χ0v) is 18.6. The lowest BCUT2D eigenvalue weighted by atomic mass is 10.2. The molecule has 0 spiro atoms. The normalized spacial score (nSPS) is 12.0. The van der Waals surface area contributed by atoms with Crippen molar-refractivity contribution >= 4 is 34.3 Å². The third-order valence-corrected chi connectivity index (χ3v) is 6.16. The standard InChI is InChI=1S/C25H22FN3O2S/c1-3-28(18-11-5-4-6-12-18)23(30)17(2)32-25-27-21-15-9-7-13-19(21)24(31)29(25)22-16-10-8-14-20(22)26/h4-17H,3H2,1-2H3. The molecule has 4 aromatic rings. The number of hydrogen-bond acceptors (Lipinski definition) is 4. The molecule has 0 fully saturated rings. The van der Waals surface area contributed by atoms with E-state index < -0.39 is 11.1 Å². The Kier molecular flexibility index (Phi) is 6.37. The van der Waals surface area contributed by atoms with Crippen molar-refractivity contribution in [2.45, 2.75) is 24.3 Å². The number of nitrogens with zero attached hydrogens (tertiary/aromatic N) is 3. The van der Waals surface area contributed by atoms with Crippen molar-refractivity contribution in [2.75, 3.05) is 11.4 Å². The van der Waals surface area contributed by atoms with Crippen molar-refractivity contribution in [3.05, 3.63) is 95.0 Å². The summed E-state index contributed by atoms with van der Waals surface area (Å²) in [5.41, 5.74) is 1.03. The molecule has 1 unspecified atom stereocenters. The molecule has 4 rings (SSSR count). The number of benzene rings is 3. The lowest BCUT2D eigenvalue weighted by molar-refractivity contribution is -0.117. The molecule has 32 heavy (non-hydrogen) atoms. The molecule has 1 aromatic heterocycles. The Morgan fingerprint density at radius 2 is 1.69 bits per heavy atom. The van der Waals surface area contributed by atoms with E-state index in [1.807, 2.05) is 37.3 Å². The van der Waals surface area contributed by atoms with Gasteiger partial charge in [0.1, 0.15) is 5.82 Å².